The van der Waals surface area contributed by atoms with Crippen molar-refractivity contribution in [1.82, 2.24) is 10.3 Å². The Hall–Kier alpha value is -1.46. The van der Waals surface area contributed by atoms with Gasteiger partial charge in [0.15, 0.2) is 0 Å². The van der Waals surface area contributed by atoms with Crippen LogP contribution in [0.25, 0.3) is 10.2 Å². The highest BCUT2D eigenvalue weighted by Gasteiger charge is 2.07. The van der Waals surface area contributed by atoms with Gasteiger partial charge >= 0.3 is 0 Å². The minimum Gasteiger partial charge on any atom is -0.393 e. The molecule has 2 aromatic rings. The second-order valence-corrected chi connectivity index (χ2v) is 4.81. The largest absolute Gasteiger partial charge is 0.393 e. The Labute approximate surface area is 103 Å². The van der Waals surface area contributed by atoms with Gasteiger partial charge in [-0.2, -0.15) is 0 Å². The van der Waals surface area contributed by atoms with Crippen molar-refractivity contribution in [1.29, 1.82) is 0 Å². The zero-order chi connectivity index (χ0) is 12.3. The van der Waals surface area contributed by atoms with Gasteiger partial charge in [-0.1, -0.05) is 0 Å². The molecule has 1 aromatic heterocycles. The third kappa shape index (κ3) is 3.01. The van der Waals surface area contributed by atoms with Crippen LogP contribution in [0.15, 0.2) is 23.7 Å². The van der Waals surface area contributed by atoms with E-state index in [0.29, 0.717) is 18.5 Å². The first-order valence-electron chi connectivity index (χ1n) is 5.46. The van der Waals surface area contributed by atoms with E-state index in [1.54, 1.807) is 18.5 Å². The van der Waals surface area contributed by atoms with Gasteiger partial charge in [-0.25, -0.2) is 4.98 Å². The number of hydrogen-bond donors (Lipinski definition) is 2. The first-order valence-corrected chi connectivity index (χ1v) is 6.34. The molecule has 0 bridgehead atoms. The van der Waals surface area contributed by atoms with Gasteiger partial charge in [-0.3, -0.25) is 4.79 Å². The number of aliphatic hydroxyl groups is 1. The fourth-order valence-corrected chi connectivity index (χ4v) is 2.21. The summed E-state index contributed by atoms with van der Waals surface area (Å²) in [4.78, 5) is 15.9. The van der Waals surface area contributed by atoms with E-state index < -0.39 is 0 Å². The number of amides is 1. The van der Waals surface area contributed by atoms with Crippen molar-refractivity contribution in [3.63, 3.8) is 0 Å². The number of nitrogens with one attached hydrogen (secondary N) is 1. The van der Waals surface area contributed by atoms with Crippen LogP contribution in [-0.2, 0) is 0 Å². The summed E-state index contributed by atoms with van der Waals surface area (Å²) >= 11 is 1.52. The predicted molar refractivity (Wildman–Crippen MR) is 68.3 cm³/mol. The molecule has 1 aromatic carbocycles. The van der Waals surface area contributed by atoms with Crippen LogP contribution in [0.5, 0.6) is 0 Å². The predicted octanol–water partition coefficient (Wildman–Crippen LogP) is 1.80. The average molecular weight is 250 g/mol. The molecule has 0 saturated heterocycles. The summed E-state index contributed by atoms with van der Waals surface area (Å²) in [6.07, 6.45) is 0.174. The molecule has 0 aliphatic heterocycles. The number of carbonyl (C=O) groups is 1. The van der Waals surface area contributed by atoms with Crippen molar-refractivity contribution in [3.8, 4) is 0 Å². The maximum absolute atomic E-state index is 11.8. The first kappa shape index (κ1) is 12.0. The third-order valence-electron chi connectivity index (χ3n) is 2.44. The van der Waals surface area contributed by atoms with E-state index in [0.717, 1.165) is 10.2 Å². The summed E-state index contributed by atoms with van der Waals surface area (Å²) in [5.74, 6) is -0.110. The molecule has 5 heteroatoms. The maximum atomic E-state index is 11.8. The summed E-state index contributed by atoms with van der Waals surface area (Å²) in [6.45, 7) is 2.19. The molecular weight excluding hydrogens is 236 g/mol. The van der Waals surface area contributed by atoms with Crippen molar-refractivity contribution in [2.75, 3.05) is 6.54 Å². The Morgan fingerprint density at radius 3 is 3.18 bits per heavy atom. The number of thiazole rings is 1. The summed E-state index contributed by atoms with van der Waals surface area (Å²) in [7, 11) is 0. The van der Waals surface area contributed by atoms with Crippen LogP contribution in [0.1, 0.15) is 23.7 Å². The Bertz CT molecular complexity index is 522. The molecule has 90 valence electrons. The molecule has 0 saturated carbocycles. The average Bonchev–Trinajstić information content (AvgIpc) is 2.75. The summed E-state index contributed by atoms with van der Waals surface area (Å²) in [5, 5.41) is 11.9. The normalized spacial score (nSPS) is 12.6. The van der Waals surface area contributed by atoms with E-state index in [4.69, 9.17) is 5.11 Å². The standard InChI is InChI=1S/C12H14N2O2S/c1-8(15)4-5-13-12(16)9-2-3-10-11(6-9)17-7-14-10/h2-3,6-8,15H,4-5H2,1H3,(H,13,16). The van der Waals surface area contributed by atoms with Crippen molar-refractivity contribution >= 4 is 27.5 Å². The molecule has 2 rings (SSSR count). The van der Waals surface area contributed by atoms with Crippen molar-refractivity contribution in [2.24, 2.45) is 0 Å². The van der Waals surface area contributed by atoms with E-state index in [9.17, 15) is 4.79 Å². The monoisotopic (exact) mass is 250 g/mol. The van der Waals surface area contributed by atoms with Crippen LogP contribution in [0.2, 0.25) is 0 Å². The number of aromatic nitrogens is 1. The summed E-state index contributed by atoms with van der Waals surface area (Å²) in [5.41, 5.74) is 3.31. The van der Waals surface area contributed by atoms with E-state index in [2.05, 4.69) is 10.3 Å². The minimum atomic E-state index is -0.390. The van der Waals surface area contributed by atoms with Gasteiger partial charge in [-0.15, -0.1) is 11.3 Å². The number of nitrogens with zero attached hydrogens (tertiary/aromatic N) is 1. The van der Waals surface area contributed by atoms with Crippen LogP contribution < -0.4 is 5.32 Å². The lowest BCUT2D eigenvalue weighted by molar-refractivity contribution is 0.0945. The van der Waals surface area contributed by atoms with Crippen LogP contribution in [0.4, 0.5) is 0 Å². The highest BCUT2D eigenvalue weighted by molar-refractivity contribution is 7.16. The summed E-state index contributed by atoms with van der Waals surface area (Å²) in [6, 6.07) is 5.44. The first-order chi connectivity index (χ1) is 8.16. The van der Waals surface area contributed by atoms with E-state index in [1.807, 2.05) is 12.1 Å². The Morgan fingerprint density at radius 2 is 2.41 bits per heavy atom. The number of carbonyl (C=O) groups excluding carboxylic acids is 1. The van der Waals surface area contributed by atoms with Crippen LogP contribution >= 0.6 is 11.3 Å². The number of aliphatic hydroxyl groups excluding tert-OH is 1. The Kier molecular flexibility index (Phi) is 3.71. The number of fused-ring (bicyclic) bond motifs is 1. The molecule has 0 spiro atoms. The highest BCUT2D eigenvalue weighted by atomic mass is 32.1. The molecule has 1 heterocycles. The second kappa shape index (κ2) is 5.25. The fourth-order valence-electron chi connectivity index (χ4n) is 1.49. The Morgan fingerprint density at radius 1 is 1.59 bits per heavy atom. The minimum absolute atomic E-state index is 0.110. The Balaban J connectivity index is 2.03. The molecule has 2 N–H and O–H groups in total. The van der Waals surface area contributed by atoms with Gasteiger partial charge in [-0.05, 0) is 31.5 Å². The zero-order valence-electron chi connectivity index (χ0n) is 9.51. The van der Waals surface area contributed by atoms with Crippen LogP contribution in [0, 0.1) is 0 Å². The van der Waals surface area contributed by atoms with Gasteiger partial charge < -0.3 is 10.4 Å². The smallest absolute Gasteiger partial charge is 0.251 e. The van der Waals surface area contributed by atoms with Crippen LogP contribution in [0.3, 0.4) is 0 Å². The number of benzene rings is 1. The SMILES string of the molecule is CC(O)CCNC(=O)c1ccc2ncsc2c1. The topological polar surface area (TPSA) is 62.2 Å². The number of rotatable bonds is 4. The van der Waals surface area contributed by atoms with Crippen molar-refractivity contribution < 1.29 is 9.90 Å². The van der Waals surface area contributed by atoms with Crippen molar-refractivity contribution in [3.05, 3.63) is 29.3 Å². The van der Waals surface area contributed by atoms with Gasteiger partial charge in [0.05, 0.1) is 21.8 Å². The van der Waals surface area contributed by atoms with Gasteiger partial charge in [0, 0.05) is 12.1 Å². The van der Waals surface area contributed by atoms with E-state index in [-0.39, 0.29) is 12.0 Å². The molecule has 0 aliphatic carbocycles. The molecular formula is C12H14N2O2S. The number of hydrogen-bond acceptors (Lipinski definition) is 4. The lowest BCUT2D eigenvalue weighted by Gasteiger charge is -2.06. The zero-order valence-corrected chi connectivity index (χ0v) is 10.3. The molecule has 1 unspecified atom stereocenters. The highest BCUT2D eigenvalue weighted by Crippen LogP contribution is 2.18. The maximum Gasteiger partial charge on any atom is 0.251 e. The third-order valence-corrected chi connectivity index (χ3v) is 3.23. The van der Waals surface area contributed by atoms with Crippen molar-refractivity contribution in [2.45, 2.75) is 19.4 Å². The molecule has 0 fully saturated rings. The quantitative estimate of drug-likeness (QED) is 0.869. The van der Waals surface area contributed by atoms with E-state index in [1.165, 1.54) is 11.3 Å². The fraction of sp³-hybridized carbons (Fsp3) is 0.333. The van der Waals surface area contributed by atoms with E-state index >= 15 is 0 Å². The van der Waals surface area contributed by atoms with Gasteiger partial charge in [0.25, 0.3) is 5.91 Å². The molecule has 1 amide bonds. The van der Waals surface area contributed by atoms with Gasteiger partial charge in [0.2, 0.25) is 0 Å². The molecule has 4 nitrogen and oxygen atoms in total. The molecule has 17 heavy (non-hydrogen) atoms. The lowest BCUT2D eigenvalue weighted by Crippen LogP contribution is -2.26. The second-order valence-electron chi connectivity index (χ2n) is 3.93. The molecule has 0 radical (unpaired) electrons. The molecule has 0 aliphatic rings. The van der Waals surface area contributed by atoms with Crippen LogP contribution in [-0.4, -0.2) is 28.6 Å². The lowest BCUT2D eigenvalue weighted by atomic mass is 10.2. The van der Waals surface area contributed by atoms with Gasteiger partial charge in [0.1, 0.15) is 0 Å². The summed E-state index contributed by atoms with van der Waals surface area (Å²) < 4.78 is 1.01. The molecule has 1 atom stereocenters.